The van der Waals surface area contributed by atoms with Crippen molar-refractivity contribution in [3.8, 4) is 0 Å². The summed E-state index contributed by atoms with van der Waals surface area (Å²) < 4.78 is 6.82. The Bertz CT molecular complexity index is 629. The lowest BCUT2D eigenvalue weighted by Gasteiger charge is -2.21. The van der Waals surface area contributed by atoms with Crippen LogP contribution in [0.15, 0.2) is 24.3 Å². The van der Waals surface area contributed by atoms with E-state index in [2.05, 4.69) is 11.4 Å². The Labute approximate surface area is 124 Å². The van der Waals surface area contributed by atoms with Crippen molar-refractivity contribution < 1.29 is 9.53 Å². The number of ether oxygens (including phenoxy) is 1. The Morgan fingerprint density at radius 1 is 1.38 bits per heavy atom. The smallest absolute Gasteiger partial charge is 0.327 e. The first-order valence-corrected chi connectivity index (χ1v) is 7.61. The predicted octanol–water partition coefficient (Wildman–Crippen LogP) is 2.07. The van der Waals surface area contributed by atoms with Crippen LogP contribution in [0.4, 0.5) is 0 Å². The number of fused-ring (bicyclic) bond motifs is 1. The molecule has 5 heteroatoms. The lowest BCUT2D eigenvalue weighted by atomic mass is 9.93. The highest BCUT2D eigenvalue weighted by atomic mass is 16.5. The minimum atomic E-state index is -0.234. The van der Waals surface area contributed by atoms with Gasteiger partial charge in [-0.25, -0.2) is 0 Å². The number of nitrogens with one attached hydrogen (secondary N) is 1. The fourth-order valence-corrected chi connectivity index (χ4v) is 3.00. The summed E-state index contributed by atoms with van der Waals surface area (Å²) in [4.78, 5) is 11.7. The van der Waals surface area contributed by atoms with Crippen molar-refractivity contribution in [1.82, 2.24) is 15.1 Å². The number of carbonyl (C=O) groups is 1. The van der Waals surface area contributed by atoms with Crippen LogP contribution < -0.4 is 5.32 Å². The van der Waals surface area contributed by atoms with Crippen molar-refractivity contribution in [3.63, 3.8) is 0 Å². The van der Waals surface area contributed by atoms with Crippen LogP contribution in [-0.2, 0) is 16.1 Å². The van der Waals surface area contributed by atoms with E-state index >= 15 is 0 Å². The van der Waals surface area contributed by atoms with Gasteiger partial charge in [0.25, 0.3) is 0 Å². The Hall–Kier alpha value is -1.88. The van der Waals surface area contributed by atoms with Crippen LogP contribution >= 0.6 is 0 Å². The van der Waals surface area contributed by atoms with E-state index in [0.29, 0.717) is 12.5 Å². The van der Waals surface area contributed by atoms with Gasteiger partial charge in [-0.1, -0.05) is 18.2 Å². The molecule has 0 aliphatic carbocycles. The third-order valence-corrected chi connectivity index (χ3v) is 4.00. The average Bonchev–Trinajstić information content (AvgIpc) is 2.87. The van der Waals surface area contributed by atoms with Crippen LogP contribution in [0.25, 0.3) is 10.9 Å². The molecule has 0 saturated carbocycles. The van der Waals surface area contributed by atoms with Gasteiger partial charge in [0.05, 0.1) is 17.8 Å². The molecule has 1 fully saturated rings. The maximum absolute atomic E-state index is 11.7. The molecule has 0 radical (unpaired) electrons. The molecule has 3 rings (SSSR count). The average molecular weight is 287 g/mol. The van der Waals surface area contributed by atoms with E-state index < -0.39 is 0 Å². The highest BCUT2D eigenvalue weighted by molar-refractivity contribution is 5.84. The molecule has 1 aliphatic heterocycles. The summed E-state index contributed by atoms with van der Waals surface area (Å²) in [5.74, 6) is 0.238. The fraction of sp³-hybridized carbons (Fsp3) is 0.500. The van der Waals surface area contributed by atoms with Gasteiger partial charge in [0.2, 0.25) is 0 Å². The number of hydrogen-bond acceptors (Lipinski definition) is 4. The van der Waals surface area contributed by atoms with E-state index in [1.54, 1.807) is 4.68 Å². The Kier molecular flexibility index (Phi) is 4.20. The Morgan fingerprint density at radius 2 is 2.14 bits per heavy atom. The van der Waals surface area contributed by atoms with Gasteiger partial charge < -0.3 is 10.1 Å². The SMILES string of the molecule is CCOC(=O)Cn1nc(C2CCNCC2)c2ccccc21. The van der Waals surface area contributed by atoms with Gasteiger partial charge in [-0.15, -0.1) is 0 Å². The van der Waals surface area contributed by atoms with E-state index in [-0.39, 0.29) is 12.5 Å². The number of rotatable bonds is 4. The molecule has 0 bridgehead atoms. The molecule has 5 nitrogen and oxygen atoms in total. The lowest BCUT2D eigenvalue weighted by Crippen LogP contribution is -2.27. The molecule has 2 heterocycles. The molecule has 2 aromatic rings. The van der Waals surface area contributed by atoms with Crippen molar-refractivity contribution >= 4 is 16.9 Å². The van der Waals surface area contributed by atoms with Gasteiger partial charge in [0, 0.05) is 11.3 Å². The number of benzene rings is 1. The summed E-state index contributed by atoms with van der Waals surface area (Å²) in [5, 5.41) is 9.26. The van der Waals surface area contributed by atoms with Crippen LogP contribution in [0.1, 0.15) is 31.4 Å². The highest BCUT2D eigenvalue weighted by Crippen LogP contribution is 2.30. The van der Waals surface area contributed by atoms with E-state index in [4.69, 9.17) is 9.84 Å². The molecular formula is C16H21N3O2. The first-order chi connectivity index (χ1) is 10.3. The van der Waals surface area contributed by atoms with Gasteiger partial charge in [-0.3, -0.25) is 9.48 Å². The molecule has 1 saturated heterocycles. The minimum absolute atomic E-state index is 0.180. The maximum atomic E-state index is 11.7. The first-order valence-electron chi connectivity index (χ1n) is 7.61. The topological polar surface area (TPSA) is 56.2 Å². The molecular weight excluding hydrogens is 266 g/mol. The largest absolute Gasteiger partial charge is 0.465 e. The zero-order valence-corrected chi connectivity index (χ0v) is 12.3. The van der Waals surface area contributed by atoms with Crippen LogP contribution in [0, 0.1) is 0 Å². The Balaban J connectivity index is 1.95. The number of nitrogens with zero attached hydrogens (tertiary/aromatic N) is 2. The summed E-state index contributed by atoms with van der Waals surface area (Å²) in [6.45, 7) is 4.46. The number of hydrogen-bond donors (Lipinski definition) is 1. The fourth-order valence-electron chi connectivity index (χ4n) is 3.00. The molecule has 0 unspecified atom stereocenters. The molecule has 1 aromatic heterocycles. The van der Waals surface area contributed by atoms with Gasteiger partial charge in [-0.2, -0.15) is 5.10 Å². The number of piperidine rings is 1. The number of aromatic nitrogens is 2. The number of esters is 1. The van der Waals surface area contributed by atoms with Gasteiger partial charge >= 0.3 is 5.97 Å². The Morgan fingerprint density at radius 3 is 2.90 bits per heavy atom. The van der Waals surface area contributed by atoms with Gasteiger partial charge in [-0.05, 0) is 38.9 Å². The van der Waals surface area contributed by atoms with E-state index in [0.717, 1.165) is 42.5 Å². The highest BCUT2D eigenvalue weighted by Gasteiger charge is 2.22. The molecule has 1 aromatic carbocycles. The van der Waals surface area contributed by atoms with Gasteiger partial charge in [0.15, 0.2) is 0 Å². The summed E-state index contributed by atoms with van der Waals surface area (Å²) in [7, 11) is 0. The van der Waals surface area contributed by atoms with Crippen LogP contribution in [-0.4, -0.2) is 35.4 Å². The molecule has 0 spiro atoms. The van der Waals surface area contributed by atoms with E-state index in [1.807, 2.05) is 25.1 Å². The molecule has 112 valence electrons. The van der Waals surface area contributed by atoms with Gasteiger partial charge in [0.1, 0.15) is 6.54 Å². The quantitative estimate of drug-likeness (QED) is 0.875. The lowest BCUT2D eigenvalue weighted by molar-refractivity contribution is -0.143. The third-order valence-electron chi connectivity index (χ3n) is 4.00. The van der Waals surface area contributed by atoms with Crippen LogP contribution in [0.3, 0.4) is 0 Å². The molecule has 0 atom stereocenters. The number of para-hydroxylation sites is 1. The second-order valence-corrected chi connectivity index (χ2v) is 5.39. The van der Waals surface area contributed by atoms with Crippen molar-refractivity contribution in [1.29, 1.82) is 0 Å². The molecule has 1 aliphatic rings. The zero-order valence-electron chi connectivity index (χ0n) is 12.3. The second kappa shape index (κ2) is 6.26. The van der Waals surface area contributed by atoms with Crippen molar-refractivity contribution in [2.45, 2.75) is 32.2 Å². The van der Waals surface area contributed by atoms with Crippen molar-refractivity contribution in [2.24, 2.45) is 0 Å². The maximum Gasteiger partial charge on any atom is 0.327 e. The standard InChI is InChI=1S/C16H21N3O2/c1-2-21-15(20)11-19-14-6-4-3-5-13(14)16(18-19)12-7-9-17-10-8-12/h3-6,12,17H,2,7-11H2,1H3. The first kappa shape index (κ1) is 14.1. The molecule has 21 heavy (non-hydrogen) atoms. The predicted molar refractivity (Wildman–Crippen MR) is 81.2 cm³/mol. The van der Waals surface area contributed by atoms with E-state index in [1.165, 1.54) is 0 Å². The monoisotopic (exact) mass is 287 g/mol. The summed E-state index contributed by atoms with van der Waals surface area (Å²) >= 11 is 0. The summed E-state index contributed by atoms with van der Waals surface area (Å²) in [6.07, 6.45) is 2.20. The van der Waals surface area contributed by atoms with Crippen LogP contribution in [0.2, 0.25) is 0 Å². The molecule has 0 amide bonds. The normalized spacial score (nSPS) is 16.2. The van der Waals surface area contributed by atoms with Crippen molar-refractivity contribution in [3.05, 3.63) is 30.0 Å². The zero-order chi connectivity index (χ0) is 14.7. The summed E-state index contributed by atoms with van der Waals surface area (Å²) in [6, 6.07) is 8.13. The number of carbonyl (C=O) groups excluding carboxylic acids is 1. The second-order valence-electron chi connectivity index (χ2n) is 5.39. The van der Waals surface area contributed by atoms with Crippen molar-refractivity contribution in [2.75, 3.05) is 19.7 Å². The third kappa shape index (κ3) is 2.93. The molecule has 1 N–H and O–H groups in total. The summed E-state index contributed by atoms with van der Waals surface area (Å²) in [5.41, 5.74) is 2.13. The minimum Gasteiger partial charge on any atom is -0.465 e. The van der Waals surface area contributed by atoms with E-state index in [9.17, 15) is 4.79 Å². The van der Waals surface area contributed by atoms with Crippen LogP contribution in [0.5, 0.6) is 0 Å².